The van der Waals surface area contributed by atoms with E-state index in [1.165, 1.54) is 7.11 Å². The molecule has 1 heterocycles. The van der Waals surface area contributed by atoms with E-state index in [1.54, 1.807) is 39.2 Å². The third-order valence-electron chi connectivity index (χ3n) is 4.39. The molecule has 152 valence electrons. The molecular formula is C20H23Cl2NO5. The van der Waals surface area contributed by atoms with Crippen LogP contribution in [0.3, 0.4) is 0 Å². The highest BCUT2D eigenvalue weighted by atomic mass is 35.5. The van der Waals surface area contributed by atoms with Gasteiger partial charge >= 0.3 is 11.9 Å². The molecule has 0 aromatic heterocycles. The fraction of sp³-hybridized carbons (Fsp3) is 0.400. The van der Waals surface area contributed by atoms with Gasteiger partial charge < -0.3 is 19.5 Å². The quantitative estimate of drug-likeness (QED) is 0.663. The summed E-state index contributed by atoms with van der Waals surface area (Å²) in [5, 5.41) is 3.72. The maximum Gasteiger partial charge on any atom is 0.336 e. The molecule has 8 heteroatoms. The zero-order valence-electron chi connectivity index (χ0n) is 16.2. The molecule has 0 bridgehead atoms. The number of rotatable bonds is 7. The van der Waals surface area contributed by atoms with Gasteiger partial charge in [-0.05, 0) is 25.5 Å². The molecule has 1 aliphatic heterocycles. The molecule has 0 aliphatic carbocycles. The average molecular weight is 428 g/mol. The number of nitrogens with one attached hydrogen (secondary N) is 1. The van der Waals surface area contributed by atoms with Crippen molar-refractivity contribution < 1.29 is 23.8 Å². The summed E-state index contributed by atoms with van der Waals surface area (Å²) in [6, 6.07) is 5.09. The average Bonchev–Trinajstić information content (AvgIpc) is 2.67. The SMILES string of the molecule is CCOC(=O)C1=C(CCOC)NC(C)=C(C(=O)OC)C1c1cccc(Cl)c1Cl. The summed E-state index contributed by atoms with van der Waals surface area (Å²) >= 11 is 12.7. The second-order valence-corrected chi connectivity index (χ2v) is 6.87. The van der Waals surface area contributed by atoms with E-state index in [4.69, 9.17) is 37.4 Å². The van der Waals surface area contributed by atoms with Crippen LogP contribution in [0.5, 0.6) is 0 Å². The van der Waals surface area contributed by atoms with Crippen molar-refractivity contribution >= 4 is 35.1 Å². The maximum absolute atomic E-state index is 12.9. The van der Waals surface area contributed by atoms with Gasteiger partial charge in [0.1, 0.15) is 0 Å². The molecule has 0 saturated heterocycles. The van der Waals surface area contributed by atoms with Gasteiger partial charge in [0.25, 0.3) is 0 Å². The second kappa shape index (κ2) is 9.96. The van der Waals surface area contributed by atoms with Gasteiger partial charge in [-0.1, -0.05) is 35.3 Å². The predicted octanol–water partition coefficient (Wildman–Crippen LogP) is 3.98. The lowest BCUT2D eigenvalue weighted by Gasteiger charge is -2.32. The van der Waals surface area contributed by atoms with Crippen LogP contribution in [0.1, 0.15) is 31.7 Å². The van der Waals surface area contributed by atoms with E-state index in [-0.39, 0.29) is 22.8 Å². The van der Waals surface area contributed by atoms with Gasteiger partial charge in [0, 0.05) is 24.9 Å². The molecular weight excluding hydrogens is 405 g/mol. The van der Waals surface area contributed by atoms with Crippen molar-refractivity contribution in [3.63, 3.8) is 0 Å². The highest BCUT2D eigenvalue weighted by molar-refractivity contribution is 6.42. The first kappa shape index (κ1) is 22.3. The molecule has 1 N–H and O–H groups in total. The molecule has 2 rings (SSSR count). The monoisotopic (exact) mass is 427 g/mol. The number of dihydropyridines is 1. The first-order chi connectivity index (χ1) is 13.4. The van der Waals surface area contributed by atoms with E-state index in [2.05, 4.69) is 5.32 Å². The number of ether oxygens (including phenoxy) is 3. The minimum Gasteiger partial charge on any atom is -0.466 e. The third-order valence-corrected chi connectivity index (χ3v) is 5.23. The molecule has 0 saturated carbocycles. The van der Waals surface area contributed by atoms with Gasteiger partial charge in [-0.2, -0.15) is 0 Å². The number of methoxy groups -OCH3 is 2. The topological polar surface area (TPSA) is 73.9 Å². The Morgan fingerprint density at radius 3 is 2.46 bits per heavy atom. The summed E-state index contributed by atoms with van der Waals surface area (Å²) in [5.74, 6) is -1.90. The standard InChI is InChI=1S/C20H23Cl2NO5/c1-5-28-20(25)17-14(9-10-26-3)23-11(2)15(19(24)27-4)16(17)12-7-6-8-13(21)18(12)22/h6-8,16,23H,5,9-10H2,1-4H3. The summed E-state index contributed by atoms with van der Waals surface area (Å²) in [6.45, 7) is 4.02. The smallest absolute Gasteiger partial charge is 0.336 e. The van der Waals surface area contributed by atoms with Crippen LogP contribution in [0.25, 0.3) is 0 Å². The van der Waals surface area contributed by atoms with Crippen LogP contribution in [0.2, 0.25) is 10.0 Å². The van der Waals surface area contributed by atoms with Crippen molar-refractivity contribution in [1.29, 1.82) is 0 Å². The number of carbonyl (C=O) groups excluding carboxylic acids is 2. The Labute approximate surface area is 174 Å². The molecule has 1 unspecified atom stereocenters. The minimum atomic E-state index is -0.786. The van der Waals surface area contributed by atoms with Gasteiger partial charge in [-0.3, -0.25) is 0 Å². The van der Waals surface area contributed by atoms with Gasteiger partial charge in [0.15, 0.2) is 0 Å². The largest absolute Gasteiger partial charge is 0.466 e. The van der Waals surface area contributed by atoms with E-state index in [9.17, 15) is 9.59 Å². The zero-order valence-corrected chi connectivity index (χ0v) is 17.7. The van der Waals surface area contributed by atoms with E-state index in [0.717, 1.165) is 0 Å². The summed E-state index contributed by atoms with van der Waals surface area (Å²) in [4.78, 5) is 25.5. The van der Waals surface area contributed by atoms with Crippen LogP contribution in [0, 0.1) is 0 Å². The van der Waals surface area contributed by atoms with Crippen molar-refractivity contribution in [3.05, 3.63) is 56.3 Å². The fourth-order valence-electron chi connectivity index (χ4n) is 3.18. The van der Waals surface area contributed by atoms with Crippen LogP contribution >= 0.6 is 23.2 Å². The highest BCUT2D eigenvalue weighted by Gasteiger charge is 2.39. The van der Waals surface area contributed by atoms with Crippen LogP contribution < -0.4 is 5.32 Å². The van der Waals surface area contributed by atoms with Gasteiger partial charge in [0.2, 0.25) is 0 Å². The lowest BCUT2D eigenvalue weighted by Crippen LogP contribution is -2.33. The van der Waals surface area contributed by atoms with E-state index in [0.29, 0.717) is 35.0 Å². The molecule has 6 nitrogen and oxygen atoms in total. The molecule has 0 amide bonds. The van der Waals surface area contributed by atoms with Crippen molar-refractivity contribution in [2.75, 3.05) is 27.4 Å². The Kier molecular flexibility index (Phi) is 7.92. The first-order valence-electron chi connectivity index (χ1n) is 8.76. The lowest BCUT2D eigenvalue weighted by atomic mass is 9.79. The molecule has 28 heavy (non-hydrogen) atoms. The van der Waals surface area contributed by atoms with Gasteiger partial charge in [0.05, 0.1) is 47.4 Å². The Hall–Kier alpha value is -2.02. The molecule has 0 fully saturated rings. The fourth-order valence-corrected chi connectivity index (χ4v) is 3.60. The Morgan fingerprint density at radius 1 is 1.14 bits per heavy atom. The number of halogens is 2. The summed E-state index contributed by atoms with van der Waals surface area (Å²) in [5.41, 5.74) is 2.25. The predicted molar refractivity (Wildman–Crippen MR) is 107 cm³/mol. The minimum absolute atomic E-state index is 0.187. The van der Waals surface area contributed by atoms with E-state index < -0.39 is 17.9 Å². The van der Waals surface area contributed by atoms with Crippen molar-refractivity contribution in [2.24, 2.45) is 0 Å². The molecule has 1 aromatic rings. The Bertz CT molecular complexity index is 832. The molecule has 0 radical (unpaired) electrons. The van der Waals surface area contributed by atoms with Crippen LogP contribution in [0.4, 0.5) is 0 Å². The molecule has 1 atom stereocenters. The maximum atomic E-state index is 12.9. The number of esters is 2. The number of allylic oxidation sites excluding steroid dienone is 1. The van der Waals surface area contributed by atoms with Crippen LogP contribution in [-0.2, 0) is 23.8 Å². The van der Waals surface area contributed by atoms with Gasteiger partial charge in [-0.25, -0.2) is 9.59 Å². The third kappa shape index (κ3) is 4.51. The molecule has 1 aromatic carbocycles. The normalized spacial score (nSPS) is 16.7. The first-order valence-corrected chi connectivity index (χ1v) is 9.51. The number of hydrogen-bond acceptors (Lipinski definition) is 6. The highest BCUT2D eigenvalue weighted by Crippen LogP contribution is 2.44. The van der Waals surface area contributed by atoms with E-state index in [1.807, 2.05) is 0 Å². The number of hydrogen-bond donors (Lipinski definition) is 1. The van der Waals surface area contributed by atoms with Crippen LogP contribution in [0.15, 0.2) is 40.7 Å². The summed E-state index contributed by atoms with van der Waals surface area (Å²) in [6.07, 6.45) is 0.422. The lowest BCUT2D eigenvalue weighted by molar-refractivity contribution is -0.139. The van der Waals surface area contributed by atoms with Crippen molar-refractivity contribution in [1.82, 2.24) is 5.32 Å². The summed E-state index contributed by atoms with van der Waals surface area (Å²) in [7, 11) is 2.86. The zero-order chi connectivity index (χ0) is 20.8. The Balaban J connectivity index is 2.77. The van der Waals surface area contributed by atoms with Crippen molar-refractivity contribution in [3.8, 4) is 0 Å². The van der Waals surface area contributed by atoms with Gasteiger partial charge in [-0.15, -0.1) is 0 Å². The molecule has 1 aliphatic rings. The number of carbonyl (C=O) groups is 2. The van der Waals surface area contributed by atoms with E-state index >= 15 is 0 Å². The second-order valence-electron chi connectivity index (χ2n) is 6.09. The van der Waals surface area contributed by atoms with Crippen molar-refractivity contribution in [2.45, 2.75) is 26.2 Å². The van der Waals surface area contributed by atoms with Crippen LogP contribution in [-0.4, -0.2) is 39.4 Å². The number of benzene rings is 1. The Morgan fingerprint density at radius 2 is 1.86 bits per heavy atom. The molecule has 0 spiro atoms. The summed E-state index contributed by atoms with van der Waals surface area (Å²) < 4.78 is 15.4.